The second-order valence-corrected chi connectivity index (χ2v) is 9.74. The van der Waals surface area contributed by atoms with E-state index in [9.17, 15) is 9.18 Å². The number of hydrogen-bond acceptors (Lipinski definition) is 5. The molecule has 3 rings (SSSR count). The average Bonchev–Trinajstić information content (AvgIpc) is 2.72. The molecular weight excluding hydrogens is 484 g/mol. The molecule has 0 saturated heterocycles. The van der Waals surface area contributed by atoms with Gasteiger partial charge in [0.25, 0.3) is 5.91 Å². The first-order valence-corrected chi connectivity index (χ1v) is 11.1. The monoisotopic (exact) mass is 499 g/mol. The fourth-order valence-corrected chi connectivity index (χ4v) is 3.61. The van der Waals surface area contributed by atoms with E-state index in [-0.39, 0.29) is 11.4 Å². The van der Waals surface area contributed by atoms with E-state index in [1.807, 2.05) is 30.3 Å². The Morgan fingerprint density at radius 2 is 1.81 bits per heavy atom. The van der Waals surface area contributed by atoms with Gasteiger partial charge in [0.2, 0.25) is 15.9 Å². The van der Waals surface area contributed by atoms with Crippen molar-refractivity contribution in [1.29, 1.82) is 0 Å². The Bertz CT molecular complexity index is 1030. The number of halogens is 4. The predicted octanol–water partition coefficient (Wildman–Crippen LogP) is 5.72. The smallest absolute Gasteiger partial charge is 0.254 e. The zero-order chi connectivity index (χ0) is 22.4. The highest BCUT2D eigenvalue weighted by atomic mass is 35.6. The quantitative estimate of drug-likeness (QED) is 0.194. The maximum absolute atomic E-state index is 13.1. The summed E-state index contributed by atoms with van der Waals surface area (Å²) < 4.78 is 16.8. The number of hydrogen-bond donors (Lipinski definition) is 1. The van der Waals surface area contributed by atoms with Crippen LogP contribution in [-0.2, 0) is 5.75 Å². The van der Waals surface area contributed by atoms with Gasteiger partial charge < -0.3 is 10.1 Å². The van der Waals surface area contributed by atoms with Crippen molar-refractivity contribution in [2.45, 2.75) is 27.9 Å². The van der Waals surface area contributed by atoms with Gasteiger partial charge in [-0.3, -0.25) is 4.79 Å². The van der Waals surface area contributed by atoms with Crippen LogP contribution in [0.15, 0.2) is 65.8 Å². The Kier molecular flexibility index (Phi) is 8.00. The van der Waals surface area contributed by atoms with E-state index in [1.54, 1.807) is 13.0 Å². The molecule has 0 bridgehead atoms. The third-order valence-corrected chi connectivity index (χ3v) is 5.44. The molecular formula is C21H17Cl3FN3O2S. The molecule has 0 aliphatic heterocycles. The Morgan fingerprint density at radius 3 is 2.45 bits per heavy atom. The Labute approximate surface area is 198 Å². The van der Waals surface area contributed by atoms with E-state index < -0.39 is 21.7 Å². The molecule has 0 saturated carbocycles. The van der Waals surface area contributed by atoms with E-state index in [0.29, 0.717) is 16.6 Å². The van der Waals surface area contributed by atoms with Crippen LogP contribution in [0.4, 0.5) is 4.39 Å². The van der Waals surface area contributed by atoms with Crippen LogP contribution < -0.4 is 10.1 Å². The molecule has 1 aromatic heterocycles. The summed E-state index contributed by atoms with van der Waals surface area (Å²) in [6.07, 6.45) is -1.35. The summed E-state index contributed by atoms with van der Waals surface area (Å²) in [4.78, 5) is 21.2. The van der Waals surface area contributed by atoms with Gasteiger partial charge in [0.05, 0.1) is 0 Å². The van der Waals surface area contributed by atoms with Gasteiger partial charge in [-0.05, 0) is 36.8 Å². The molecule has 3 aromatic rings. The van der Waals surface area contributed by atoms with Crippen molar-refractivity contribution in [3.63, 3.8) is 0 Å². The lowest BCUT2D eigenvalue weighted by Gasteiger charge is -2.26. The fourth-order valence-electron chi connectivity index (χ4n) is 2.46. The second kappa shape index (κ2) is 10.5. The standard InChI is InChI=1S/C21H17Cl3FN3O2S/c1-13-11-17(27-20(26-13)31-12-14-5-3-2-4-6-14)30-19(21(22,23)24)28-18(29)15-7-9-16(25)10-8-15/h2-11,19H,12H2,1H3,(H,28,29). The summed E-state index contributed by atoms with van der Waals surface area (Å²) in [5.41, 5.74) is 1.95. The van der Waals surface area contributed by atoms with E-state index in [4.69, 9.17) is 39.5 Å². The van der Waals surface area contributed by atoms with Crippen LogP contribution in [0, 0.1) is 12.7 Å². The summed E-state index contributed by atoms with van der Waals surface area (Å²) in [6, 6.07) is 16.4. The van der Waals surface area contributed by atoms with Crippen LogP contribution in [0.2, 0.25) is 0 Å². The Hall–Kier alpha value is -2.06. The minimum absolute atomic E-state index is 0.138. The maximum atomic E-state index is 13.1. The molecule has 1 heterocycles. The molecule has 2 aromatic carbocycles. The van der Waals surface area contributed by atoms with Crippen molar-refractivity contribution < 1.29 is 13.9 Å². The lowest BCUT2D eigenvalue weighted by Crippen LogP contribution is -2.48. The first-order valence-electron chi connectivity index (χ1n) is 9.03. The van der Waals surface area contributed by atoms with E-state index in [1.165, 1.54) is 23.9 Å². The van der Waals surface area contributed by atoms with Crippen LogP contribution in [0.25, 0.3) is 0 Å². The van der Waals surface area contributed by atoms with Crippen LogP contribution in [0.3, 0.4) is 0 Å². The molecule has 1 atom stereocenters. The summed E-state index contributed by atoms with van der Waals surface area (Å²) in [5, 5.41) is 2.97. The maximum Gasteiger partial charge on any atom is 0.254 e. The van der Waals surface area contributed by atoms with E-state index >= 15 is 0 Å². The number of nitrogens with one attached hydrogen (secondary N) is 1. The summed E-state index contributed by atoms with van der Waals surface area (Å²) in [7, 11) is 0. The van der Waals surface area contributed by atoms with Gasteiger partial charge in [-0.15, -0.1) is 0 Å². The summed E-state index contributed by atoms with van der Waals surface area (Å²) >= 11 is 19.5. The third kappa shape index (κ3) is 7.25. The van der Waals surface area contributed by atoms with Crippen molar-refractivity contribution >= 4 is 52.5 Å². The molecule has 0 aliphatic rings. The normalized spacial score (nSPS) is 12.3. The molecule has 1 amide bonds. The van der Waals surface area contributed by atoms with Crippen LogP contribution >= 0.6 is 46.6 Å². The molecule has 0 aliphatic carbocycles. The number of aromatic nitrogens is 2. The first-order chi connectivity index (χ1) is 14.7. The topological polar surface area (TPSA) is 64.1 Å². The van der Waals surface area contributed by atoms with Gasteiger partial charge in [0, 0.05) is 23.1 Å². The highest BCUT2D eigenvalue weighted by molar-refractivity contribution is 7.98. The van der Waals surface area contributed by atoms with Gasteiger partial charge in [0.1, 0.15) is 5.82 Å². The minimum Gasteiger partial charge on any atom is -0.449 e. The number of amides is 1. The van der Waals surface area contributed by atoms with Crippen molar-refractivity contribution in [2.75, 3.05) is 0 Å². The number of carbonyl (C=O) groups excluding carboxylic acids is 1. The summed E-state index contributed by atoms with van der Waals surface area (Å²) in [5.74, 6) is -0.263. The van der Waals surface area contributed by atoms with E-state index in [2.05, 4.69) is 15.3 Å². The molecule has 5 nitrogen and oxygen atoms in total. The molecule has 0 radical (unpaired) electrons. The lowest BCUT2D eigenvalue weighted by atomic mass is 10.2. The van der Waals surface area contributed by atoms with Crippen LogP contribution in [0.1, 0.15) is 21.6 Å². The number of thioether (sulfide) groups is 1. The fraction of sp³-hybridized carbons (Fsp3) is 0.190. The largest absolute Gasteiger partial charge is 0.449 e. The van der Waals surface area contributed by atoms with Crippen molar-refractivity contribution in [3.8, 4) is 5.88 Å². The molecule has 0 spiro atoms. The SMILES string of the molecule is Cc1cc(OC(NC(=O)c2ccc(F)cc2)C(Cl)(Cl)Cl)nc(SCc2ccccc2)n1. The number of ether oxygens (including phenoxy) is 1. The molecule has 162 valence electrons. The number of aryl methyl sites for hydroxylation is 1. The van der Waals surface area contributed by atoms with Gasteiger partial charge in [-0.1, -0.05) is 76.9 Å². The van der Waals surface area contributed by atoms with Gasteiger partial charge >= 0.3 is 0 Å². The molecule has 0 fully saturated rings. The number of nitrogens with zero attached hydrogens (tertiary/aromatic N) is 2. The number of carbonyl (C=O) groups is 1. The third-order valence-electron chi connectivity index (χ3n) is 3.93. The Balaban J connectivity index is 1.74. The van der Waals surface area contributed by atoms with E-state index in [0.717, 1.165) is 17.7 Å². The predicted molar refractivity (Wildman–Crippen MR) is 121 cm³/mol. The Morgan fingerprint density at radius 1 is 1.13 bits per heavy atom. The zero-order valence-corrected chi connectivity index (χ0v) is 19.3. The number of alkyl halides is 3. The molecule has 1 unspecified atom stereocenters. The van der Waals surface area contributed by atoms with Gasteiger partial charge in [0.15, 0.2) is 5.16 Å². The van der Waals surface area contributed by atoms with Crippen LogP contribution in [0.5, 0.6) is 5.88 Å². The highest BCUT2D eigenvalue weighted by Gasteiger charge is 2.37. The lowest BCUT2D eigenvalue weighted by molar-refractivity contribution is 0.0824. The highest BCUT2D eigenvalue weighted by Crippen LogP contribution is 2.32. The number of benzene rings is 2. The second-order valence-electron chi connectivity index (χ2n) is 6.42. The van der Waals surface area contributed by atoms with Crippen molar-refractivity contribution in [3.05, 3.63) is 83.3 Å². The van der Waals surface area contributed by atoms with Gasteiger partial charge in [-0.25, -0.2) is 9.37 Å². The minimum atomic E-state index is -1.99. The molecule has 31 heavy (non-hydrogen) atoms. The van der Waals surface area contributed by atoms with Gasteiger partial charge in [-0.2, -0.15) is 4.98 Å². The van der Waals surface area contributed by atoms with Crippen LogP contribution in [-0.4, -0.2) is 25.9 Å². The van der Waals surface area contributed by atoms with Crippen molar-refractivity contribution in [2.24, 2.45) is 0 Å². The zero-order valence-electron chi connectivity index (χ0n) is 16.2. The van der Waals surface area contributed by atoms with Crippen molar-refractivity contribution in [1.82, 2.24) is 15.3 Å². The first kappa shape index (κ1) is 23.6. The molecule has 1 N–H and O–H groups in total. The average molecular weight is 501 g/mol. The summed E-state index contributed by atoms with van der Waals surface area (Å²) in [6.45, 7) is 1.78. The molecule has 10 heteroatoms. The number of rotatable bonds is 7.